The molecule has 1 fully saturated rings. The number of carbonyl (C=O) groups excluding carboxylic acids is 1. The van der Waals surface area contributed by atoms with Gasteiger partial charge in [0.15, 0.2) is 5.65 Å². The van der Waals surface area contributed by atoms with Crippen LogP contribution in [0.2, 0.25) is 5.02 Å². The number of fused-ring (bicyclic) bond motifs is 3. The van der Waals surface area contributed by atoms with Crippen molar-refractivity contribution in [2.45, 2.75) is 13.5 Å². The van der Waals surface area contributed by atoms with Crippen LogP contribution in [0.5, 0.6) is 0 Å². The first kappa shape index (κ1) is 19.6. The summed E-state index contributed by atoms with van der Waals surface area (Å²) in [5.74, 6) is 0.0523. The van der Waals surface area contributed by atoms with Crippen molar-refractivity contribution < 1.29 is 4.79 Å². The minimum absolute atomic E-state index is 0.0523. The lowest BCUT2D eigenvalue weighted by Crippen LogP contribution is -2.49. The highest BCUT2D eigenvalue weighted by molar-refractivity contribution is 6.30. The summed E-state index contributed by atoms with van der Waals surface area (Å²) in [6.07, 6.45) is 0. The van der Waals surface area contributed by atoms with Gasteiger partial charge in [0.2, 0.25) is 5.91 Å². The van der Waals surface area contributed by atoms with Gasteiger partial charge in [-0.25, -0.2) is 4.52 Å². The van der Waals surface area contributed by atoms with Crippen LogP contribution in [0.25, 0.3) is 16.6 Å². The molecule has 0 spiro atoms. The Morgan fingerprint density at radius 3 is 2.48 bits per heavy atom. The number of anilines is 1. The Labute approximate surface area is 184 Å². The summed E-state index contributed by atoms with van der Waals surface area (Å²) < 4.78 is 3.79. The number of nitrogens with zero attached hydrogens (tertiary/aromatic N) is 5. The molecule has 0 bridgehead atoms. The van der Waals surface area contributed by atoms with Crippen LogP contribution in [0, 0.1) is 6.92 Å². The largest absolute Gasteiger partial charge is 0.368 e. The number of benzene rings is 2. The van der Waals surface area contributed by atoms with E-state index in [4.69, 9.17) is 11.6 Å². The molecule has 2 aromatic carbocycles. The van der Waals surface area contributed by atoms with E-state index in [1.807, 2.05) is 69.6 Å². The van der Waals surface area contributed by atoms with Crippen LogP contribution in [-0.4, -0.2) is 51.2 Å². The molecule has 0 saturated carbocycles. The molecule has 0 N–H and O–H groups in total. The van der Waals surface area contributed by atoms with Crippen LogP contribution < -0.4 is 10.5 Å². The second-order valence-electron chi connectivity index (χ2n) is 7.79. The Hall–Kier alpha value is -3.32. The first-order valence-corrected chi connectivity index (χ1v) is 10.7. The van der Waals surface area contributed by atoms with Crippen LogP contribution >= 0.6 is 11.6 Å². The van der Waals surface area contributed by atoms with Gasteiger partial charge in [0.25, 0.3) is 5.56 Å². The Kier molecular flexibility index (Phi) is 4.90. The van der Waals surface area contributed by atoms with E-state index < -0.39 is 0 Å². The third kappa shape index (κ3) is 3.55. The molecule has 5 rings (SSSR count). The number of halogens is 1. The minimum atomic E-state index is -0.273. The van der Waals surface area contributed by atoms with E-state index in [0.717, 1.165) is 40.4 Å². The van der Waals surface area contributed by atoms with Gasteiger partial charge in [0.1, 0.15) is 6.54 Å². The van der Waals surface area contributed by atoms with E-state index in [-0.39, 0.29) is 18.0 Å². The minimum Gasteiger partial charge on any atom is -0.368 e. The highest BCUT2D eigenvalue weighted by Gasteiger charge is 2.23. The average molecular weight is 436 g/mol. The zero-order valence-corrected chi connectivity index (χ0v) is 17.9. The topological polar surface area (TPSA) is 62.9 Å². The molecule has 0 unspecified atom stereocenters. The molecule has 0 radical (unpaired) electrons. The number of aromatic nitrogens is 3. The fraction of sp³-hybridized carbons (Fsp3) is 0.261. The van der Waals surface area contributed by atoms with Gasteiger partial charge in [-0.2, -0.15) is 4.98 Å². The smallest absolute Gasteiger partial charge is 0.273 e. The fourth-order valence-electron chi connectivity index (χ4n) is 4.32. The zero-order chi connectivity index (χ0) is 21.5. The van der Waals surface area contributed by atoms with Gasteiger partial charge in [-0.1, -0.05) is 23.7 Å². The number of hydrogen-bond acceptors (Lipinski definition) is 4. The lowest BCUT2D eigenvalue weighted by atomic mass is 10.2. The van der Waals surface area contributed by atoms with Gasteiger partial charge in [-0.05, 0) is 43.3 Å². The van der Waals surface area contributed by atoms with Crippen molar-refractivity contribution in [3.05, 3.63) is 75.7 Å². The molecule has 2 aromatic heterocycles. The van der Waals surface area contributed by atoms with E-state index in [0.29, 0.717) is 18.7 Å². The van der Waals surface area contributed by atoms with Crippen molar-refractivity contribution in [1.29, 1.82) is 0 Å². The molecule has 1 saturated heterocycles. The highest BCUT2D eigenvalue weighted by atomic mass is 35.5. The standard InChI is InChI=1S/C23H22ClN5O2/c1-16-14-21(30)25-23-19-4-2-3-5-20(19)28(29(16)23)15-22(31)27-12-10-26(11-13-27)18-8-6-17(24)7-9-18/h2-9,14H,10-13,15H2,1H3. The summed E-state index contributed by atoms with van der Waals surface area (Å²) in [4.78, 5) is 33.5. The van der Waals surface area contributed by atoms with Gasteiger partial charge in [-0.3, -0.25) is 14.3 Å². The van der Waals surface area contributed by atoms with Crippen LogP contribution in [0.4, 0.5) is 5.69 Å². The maximum Gasteiger partial charge on any atom is 0.273 e. The van der Waals surface area contributed by atoms with Gasteiger partial charge < -0.3 is 9.80 Å². The van der Waals surface area contributed by atoms with E-state index in [9.17, 15) is 9.59 Å². The van der Waals surface area contributed by atoms with Gasteiger partial charge in [0, 0.05) is 54.0 Å². The predicted molar refractivity (Wildman–Crippen MR) is 122 cm³/mol. The predicted octanol–water partition coefficient (Wildman–Crippen LogP) is 2.96. The van der Waals surface area contributed by atoms with E-state index in [2.05, 4.69) is 9.88 Å². The van der Waals surface area contributed by atoms with Gasteiger partial charge in [-0.15, -0.1) is 0 Å². The number of hydrogen-bond donors (Lipinski definition) is 0. The molecule has 7 nitrogen and oxygen atoms in total. The summed E-state index contributed by atoms with van der Waals surface area (Å²) in [6.45, 7) is 4.91. The van der Waals surface area contributed by atoms with Crippen molar-refractivity contribution >= 4 is 39.7 Å². The first-order chi connectivity index (χ1) is 15.0. The van der Waals surface area contributed by atoms with Crippen LogP contribution in [-0.2, 0) is 11.3 Å². The Balaban J connectivity index is 1.40. The molecule has 1 aliphatic heterocycles. The van der Waals surface area contributed by atoms with Crippen LogP contribution in [0.1, 0.15) is 5.69 Å². The van der Waals surface area contributed by atoms with Crippen molar-refractivity contribution in [3.63, 3.8) is 0 Å². The van der Waals surface area contributed by atoms with Crippen molar-refractivity contribution in [2.24, 2.45) is 0 Å². The molecule has 1 aliphatic rings. The highest BCUT2D eigenvalue weighted by Crippen LogP contribution is 2.22. The number of para-hydroxylation sites is 1. The van der Waals surface area contributed by atoms with E-state index in [1.165, 1.54) is 6.07 Å². The molecule has 158 valence electrons. The average Bonchev–Trinajstić information content (AvgIpc) is 3.08. The molecule has 4 aromatic rings. The van der Waals surface area contributed by atoms with Crippen molar-refractivity contribution in [3.8, 4) is 0 Å². The summed E-state index contributed by atoms with van der Waals surface area (Å²) in [5, 5.41) is 1.58. The number of rotatable bonds is 3. The van der Waals surface area contributed by atoms with Gasteiger partial charge >= 0.3 is 0 Å². The van der Waals surface area contributed by atoms with Crippen LogP contribution in [0.3, 0.4) is 0 Å². The number of carbonyl (C=O) groups is 1. The summed E-state index contributed by atoms with van der Waals surface area (Å²) in [7, 11) is 0. The molecule has 31 heavy (non-hydrogen) atoms. The molecular formula is C23H22ClN5O2. The zero-order valence-electron chi connectivity index (χ0n) is 17.2. The number of piperazine rings is 1. The summed E-state index contributed by atoms with van der Waals surface area (Å²) in [5.41, 5.74) is 3.07. The third-order valence-corrected chi connectivity index (χ3v) is 6.11. The SMILES string of the molecule is Cc1cc(=O)nc2c3ccccc3n(CC(=O)N3CCN(c4ccc(Cl)cc4)CC3)n12. The normalized spacial score (nSPS) is 14.5. The third-order valence-electron chi connectivity index (χ3n) is 5.86. The number of amides is 1. The molecule has 0 atom stereocenters. The molecule has 0 aliphatic carbocycles. The monoisotopic (exact) mass is 435 g/mol. The molecular weight excluding hydrogens is 414 g/mol. The maximum atomic E-state index is 13.2. The van der Waals surface area contributed by atoms with Crippen molar-refractivity contribution in [1.82, 2.24) is 19.1 Å². The summed E-state index contributed by atoms with van der Waals surface area (Å²) in [6, 6.07) is 17.0. The lowest BCUT2D eigenvalue weighted by molar-refractivity contribution is -0.132. The quantitative estimate of drug-likeness (QED) is 0.496. The van der Waals surface area contributed by atoms with E-state index >= 15 is 0 Å². The Morgan fingerprint density at radius 1 is 1.03 bits per heavy atom. The second-order valence-corrected chi connectivity index (χ2v) is 8.23. The van der Waals surface area contributed by atoms with Gasteiger partial charge in [0.05, 0.1) is 5.52 Å². The van der Waals surface area contributed by atoms with Crippen LogP contribution in [0.15, 0.2) is 59.4 Å². The molecule has 8 heteroatoms. The Bertz CT molecular complexity index is 1330. The fourth-order valence-corrected chi connectivity index (χ4v) is 4.44. The first-order valence-electron chi connectivity index (χ1n) is 10.3. The maximum absolute atomic E-state index is 13.2. The van der Waals surface area contributed by atoms with E-state index in [1.54, 1.807) is 0 Å². The number of aryl methyl sites for hydroxylation is 1. The second kappa shape index (κ2) is 7.74. The Morgan fingerprint density at radius 2 is 1.74 bits per heavy atom. The molecule has 3 heterocycles. The molecule has 1 amide bonds. The van der Waals surface area contributed by atoms with Crippen molar-refractivity contribution in [2.75, 3.05) is 31.1 Å². The summed E-state index contributed by atoms with van der Waals surface area (Å²) >= 11 is 5.99. The lowest BCUT2D eigenvalue weighted by Gasteiger charge is -2.36.